The van der Waals surface area contributed by atoms with Crippen LogP contribution in [0.1, 0.15) is 17.5 Å². The lowest BCUT2D eigenvalue weighted by atomic mass is 10.1. The van der Waals surface area contributed by atoms with E-state index < -0.39 is 0 Å². The second-order valence-corrected chi connectivity index (χ2v) is 4.47. The van der Waals surface area contributed by atoms with Crippen LogP contribution in [-0.2, 0) is 11.3 Å². The molecule has 0 aliphatic rings. The van der Waals surface area contributed by atoms with E-state index in [2.05, 4.69) is 17.2 Å². The molecule has 0 saturated carbocycles. The smallest absolute Gasteiger partial charge is 0.221 e. The summed E-state index contributed by atoms with van der Waals surface area (Å²) < 4.78 is 13.5. The highest BCUT2D eigenvalue weighted by Gasteiger charge is 2.05. The summed E-state index contributed by atoms with van der Waals surface area (Å²) in [5.74, 6) is 4.80. The number of rotatable bonds is 5. The summed E-state index contributed by atoms with van der Waals surface area (Å²) in [6, 6.07) is 4.55. The van der Waals surface area contributed by atoms with Crippen LogP contribution < -0.4 is 5.32 Å². The number of nitrogens with zero attached hydrogens (tertiary/aromatic N) is 1. The van der Waals surface area contributed by atoms with Gasteiger partial charge in [0.25, 0.3) is 0 Å². The summed E-state index contributed by atoms with van der Waals surface area (Å²) in [6.45, 7) is 0.869. The van der Waals surface area contributed by atoms with E-state index in [0.717, 1.165) is 5.56 Å². The maximum Gasteiger partial charge on any atom is 0.221 e. The van der Waals surface area contributed by atoms with E-state index >= 15 is 0 Å². The van der Waals surface area contributed by atoms with Crippen molar-refractivity contribution < 1.29 is 14.3 Å². The topological polar surface area (TPSA) is 52.6 Å². The van der Waals surface area contributed by atoms with Gasteiger partial charge in [-0.05, 0) is 30.8 Å². The molecule has 0 fully saturated rings. The van der Waals surface area contributed by atoms with Gasteiger partial charge in [-0.3, -0.25) is 4.79 Å². The summed E-state index contributed by atoms with van der Waals surface area (Å²) >= 11 is 0. The Morgan fingerprint density at radius 3 is 2.85 bits per heavy atom. The molecule has 0 atom stereocenters. The molecule has 20 heavy (non-hydrogen) atoms. The minimum absolute atomic E-state index is 0.0226. The van der Waals surface area contributed by atoms with E-state index in [-0.39, 0.29) is 18.3 Å². The molecule has 108 valence electrons. The second-order valence-electron chi connectivity index (χ2n) is 4.47. The van der Waals surface area contributed by atoms with Crippen molar-refractivity contribution in [3.8, 4) is 11.8 Å². The fraction of sp³-hybridized carbons (Fsp3) is 0.400. The molecule has 0 saturated heterocycles. The van der Waals surface area contributed by atoms with Crippen LogP contribution in [0.3, 0.4) is 0 Å². The quantitative estimate of drug-likeness (QED) is 0.781. The van der Waals surface area contributed by atoms with Crippen LogP contribution in [-0.4, -0.2) is 43.2 Å². The van der Waals surface area contributed by atoms with Crippen LogP contribution in [0.2, 0.25) is 0 Å². The number of nitrogens with one attached hydrogen (secondary N) is 1. The molecule has 1 aromatic rings. The van der Waals surface area contributed by atoms with Crippen LogP contribution >= 0.6 is 0 Å². The standard InChI is InChI=1S/C15H19FN2O2/c1-17-15(20)5-6-18(2)11-13-8-12(4-3-7-19)9-14(16)10-13/h8-10,19H,5-7,11H2,1-2H3,(H,17,20). The molecule has 4 nitrogen and oxygen atoms in total. The summed E-state index contributed by atoms with van der Waals surface area (Å²) in [6.07, 6.45) is 0.402. The van der Waals surface area contributed by atoms with Gasteiger partial charge >= 0.3 is 0 Å². The molecule has 1 amide bonds. The summed E-state index contributed by atoms with van der Waals surface area (Å²) in [5, 5.41) is 11.2. The van der Waals surface area contributed by atoms with Gasteiger partial charge in [0.2, 0.25) is 5.91 Å². The Morgan fingerprint density at radius 2 is 2.20 bits per heavy atom. The van der Waals surface area contributed by atoms with E-state index in [1.807, 2.05) is 11.9 Å². The Labute approximate surface area is 118 Å². The van der Waals surface area contributed by atoms with E-state index in [1.54, 1.807) is 13.1 Å². The van der Waals surface area contributed by atoms with E-state index in [9.17, 15) is 9.18 Å². The first-order chi connectivity index (χ1) is 9.55. The third kappa shape index (κ3) is 5.83. The molecule has 0 bridgehead atoms. The van der Waals surface area contributed by atoms with Gasteiger partial charge < -0.3 is 15.3 Å². The minimum Gasteiger partial charge on any atom is -0.384 e. The van der Waals surface area contributed by atoms with Gasteiger partial charge in [0.05, 0.1) is 0 Å². The van der Waals surface area contributed by atoms with Gasteiger partial charge in [-0.1, -0.05) is 11.8 Å². The predicted molar refractivity (Wildman–Crippen MR) is 75.4 cm³/mol. The van der Waals surface area contributed by atoms with Crippen LogP contribution in [0.15, 0.2) is 18.2 Å². The van der Waals surface area contributed by atoms with Gasteiger partial charge in [0, 0.05) is 32.1 Å². The zero-order valence-electron chi connectivity index (χ0n) is 11.7. The molecular formula is C15H19FN2O2. The number of hydrogen-bond donors (Lipinski definition) is 2. The van der Waals surface area contributed by atoms with Crippen LogP contribution in [0.4, 0.5) is 4.39 Å². The number of benzene rings is 1. The first kappa shape index (κ1) is 16.2. The Bertz CT molecular complexity index is 520. The van der Waals surface area contributed by atoms with Crippen LogP contribution in [0.5, 0.6) is 0 Å². The van der Waals surface area contributed by atoms with Crippen molar-refractivity contribution in [3.05, 3.63) is 35.1 Å². The number of carbonyl (C=O) groups is 1. The third-order valence-corrected chi connectivity index (χ3v) is 2.72. The highest BCUT2D eigenvalue weighted by molar-refractivity contribution is 5.75. The van der Waals surface area contributed by atoms with Gasteiger partial charge in [-0.2, -0.15) is 0 Å². The molecule has 0 aromatic heterocycles. The number of halogens is 1. The minimum atomic E-state index is -0.357. The molecule has 0 unspecified atom stereocenters. The highest BCUT2D eigenvalue weighted by atomic mass is 19.1. The predicted octanol–water partition coefficient (Wildman–Crippen LogP) is 0.737. The molecule has 0 spiro atoms. The van der Waals surface area contributed by atoms with Crippen molar-refractivity contribution in [2.45, 2.75) is 13.0 Å². The maximum absolute atomic E-state index is 13.5. The van der Waals surface area contributed by atoms with E-state index in [1.165, 1.54) is 12.1 Å². The van der Waals surface area contributed by atoms with Crippen molar-refractivity contribution >= 4 is 5.91 Å². The summed E-state index contributed by atoms with van der Waals surface area (Å²) in [5.41, 5.74) is 1.32. The monoisotopic (exact) mass is 278 g/mol. The summed E-state index contributed by atoms with van der Waals surface area (Å²) in [4.78, 5) is 13.1. The van der Waals surface area contributed by atoms with Gasteiger partial charge in [0.15, 0.2) is 0 Å². The molecule has 0 aliphatic heterocycles. The zero-order chi connectivity index (χ0) is 15.0. The first-order valence-corrected chi connectivity index (χ1v) is 6.33. The average molecular weight is 278 g/mol. The van der Waals surface area contributed by atoms with Crippen molar-refractivity contribution in [3.63, 3.8) is 0 Å². The lowest BCUT2D eigenvalue weighted by Crippen LogP contribution is -2.26. The maximum atomic E-state index is 13.5. The molecule has 0 heterocycles. The number of carbonyl (C=O) groups excluding carboxylic acids is 1. The van der Waals surface area contributed by atoms with Gasteiger partial charge in [-0.15, -0.1) is 0 Å². The lowest BCUT2D eigenvalue weighted by Gasteiger charge is -2.16. The van der Waals surface area contributed by atoms with Crippen molar-refractivity contribution in [2.75, 3.05) is 27.2 Å². The zero-order valence-corrected chi connectivity index (χ0v) is 11.7. The van der Waals surface area contributed by atoms with Crippen LogP contribution in [0, 0.1) is 17.7 Å². The molecule has 0 aliphatic carbocycles. The fourth-order valence-corrected chi connectivity index (χ4v) is 1.76. The Hall–Kier alpha value is -1.90. The van der Waals surface area contributed by atoms with Gasteiger partial charge in [0.1, 0.15) is 12.4 Å². The lowest BCUT2D eigenvalue weighted by molar-refractivity contribution is -0.120. The van der Waals surface area contributed by atoms with Gasteiger partial charge in [-0.25, -0.2) is 4.39 Å². The Morgan fingerprint density at radius 1 is 1.45 bits per heavy atom. The van der Waals surface area contributed by atoms with Crippen molar-refractivity contribution in [1.29, 1.82) is 0 Å². The van der Waals surface area contributed by atoms with Crippen molar-refractivity contribution in [2.24, 2.45) is 0 Å². The molecular weight excluding hydrogens is 259 g/mol. The molecule has 0 radical (unpaired) electrons. The number of amides is 1. The molecule has 1 rings (SSSR count). The third-order valence-electron chi connectivity index (χ3n) is 2.72. The second kappa shape index (κ2) is 8.31. The normalized spacial score (nSPS) is 10.1. The SMILES string of the molecule is CNC(=O)CCN(C)Cc1cc(F)cc(C#CCO)c1. The first-order valence-electron chi connectivity index (χ1n) is 6.33. The highest BCUT2D eigenvalue weighted by Crippen LogP contribution is 2.10. The Kier molecular flexibility index (Phi) is 6.71. The van der Waals surface area contributed by atoms with E-state index in [0.29, 0.717) is 25.1 Å². The number of hydrogen-bond acceptors (Lipinski definition) is 3. The van der Waals surface area contributed by atoms with Crippen molar-refractivity contribution in [1.82, 2.24) is 10.2 Å². The summed E-state index contributed by atoms with van der Waals surface area (Å²) in [7, 11) is 3.47. The average Bonchev–Trinajstić information content (AvgIpc) is 2.41. The fourth-order valence-electron chi connectivity index (χ4n) is 1.76. The molecule has 2 N–H and O–H groups in total. The Balaban J connectivity index is 2.67. The number of aliphatic hydroxyl groups is 1. The van der Waals surface area contributed by atoms with Crippen LogP contribution in [0.25, 0.3) is 0 Å². The largest absolute Gasteiger partial charge is 0.384 e. The van der Waals surface area contributed by atoms with E-state index in [4.69, 9.17) is 5.11 Å². The number of aliphatic hydroxyl groups excluding tert-OH is 1. The molecule has 1 aromatic carbocycles. The molecule has 5 heteroatoms.